The molecule has 4 rings (SSSR count). The van der Waals surface area contributed by atoms with Crippen molar-refractivity contribution >= 4 is 17.2 Å². The molecule has 126 valence electrons. The van der Waals surface area contributed by atoms with Gasteiger partial charge in [0.25, 0.3) is 0 Å². The molecule has 0 aliphatic carbocycles. The number of carbonyl (C=O) groups excluding carboxylic acids is 1. The zero-order valence-electron chi connectivity index (χ0n) is 14.0. The SMILES string of the molecule is CC(=O)N1CC[C@]2(c3ccccc3)CCN(Cc3nccs3)C[C@H]12. The number of carbonyl (C=O) groups is 1. The van der Waals surface area contributed by atoms with E-state index in [1.54, 1.807) is 18.3 Å². The van der Waals surface area contributed by atoms with Gasteiger partial charge in [-0.2, -0.15) is 0 Å². The average Bonchev–Trinajstić information content (AvgIpc) is 3.23. The first-order chi connectivity index (χ1) is 11.7. The molecule has 5 heteroatoms. The van der Waals surface area contributed by atoms with E-state index in [1.807, 2.05) is 11.6 Å². The first-order valence-corrected chi connectivity index (χ1v) is 9.50. The third-order valence-electron chi connectivity index (χ3n) is 5.71. The first-order valence-electron chi connectivity index (χ1n) is 8.62. The van der Waals surface area contributed by atoms with E-state index in [-0.39, 0.29) is 17.4 Å². The lowest BCUT2D eigenvalue weighted by molar-refractivity contribution is -0.131. The number of fused-ring (bicyclic) bond motifs is 1. The molecule has 0 saturated carbocycles. The predicted octanol–water partition coefficient (Wildman–Crippen LogP) is 2.91. The molecule has 24 heavy (non-hydrogen) atoms. The molecule has 2 aliphatic heterocycles. The first kappa shape index (κ1) is 15.8. The second-order valence-corrected chi connectivity index (χ2v) is 7.89. The van der Waals surface area contributed by atoms with Gasteiger partial charge in [0.05, 0.1) is 12.6 Å². The number of hydrogen-bond acceptors (Lipinski definition) is 4. The Hall–Kier alpha value is -1.72. The Labute approximate surface area is 147 Å². The summed E-state index contributed by atoms with van der Waals surface area (Å²) in [5.41, 5.74) is 1.51. The van der Waals surface area contributed by atoms with E-state index in [9.17, 15) is 4.79 Å². The smallest absolute Gasteiger partial charge is 0.219 e. The van der Waals surface area contributed by atoms with Crippen molar-refractivity contribution in [3.05, 3.63) is 52.5 Å². The number of amides is 1. The summed E-state index contributed by atoms with van der Waals surface area (Å²) < 4.78 is 0. The van der Waals surface area contributed by atoms with Crippen LogP contribution in [0.3, 0.4) is 0 Å². The summed E-state index contributed by atoms with van der Waals surface area (Å²) in [6.45, 7) is 5.48. The zero-order valence-corrected chi connectivity index (χ0v) is 14.8. The van der Waals surface area contributed by atoms with E-state index >= 15 is 0 Å². The lowest BCUT2D eigenvalue weighted by atomic mass is 9.69. The Morgan fingerprint density at radius 2 is 2.08 bits per heavy atom. The summed E-state index contributed by atoms with van der Waals surface area (Å²) in [4.78, 5) is 21.2. The molecule has 4 nitrogen and oxygen atoms in total. The maximum atomic E-state index is 12.2. The molecule has 0 N–H and O–H groups in total. The third-order valence-corrected chi connectivity index (χ3v) is 6.48. The van der Waals surface area contributed by atoms with Gasteiger partial charge in [0.1, 0.15) is 5.01 Å². The molecular formula is C19H23N3OS. The van der Waals surface area contributed by atoms with Crippen LogP contribution in [-0.4, -0.2) is 46.4 Å². The number of aromatic nitrogens is 1. The molecule has 1 aromatic carbocycles. The van der Waals surface area contributed by atoms with Crippen LogP contribution in [0, 0.1) is 0 Å². The van der Waals surface area contributed by atoms with Gasteiger partial charge in [0, 0.05) is 37.0 Å². The number of piperidine rings is 1. The summed E-state index contributed by atoms with van der Waals surface area (Å²) in [6.07, 6.45) is 4.05. The fraction of sp³-hybridized carbons (Fsp3) is 0.474. The van der Waals surface area contributed by atoms with Crippen molar-refractivity contribution in [2.75, 3.05) is 19.6 Å². The molecule has 0 unspecified atom stereocenters. The largest absolute Gasteiger partial charge is 0.338 e. The summed E-state index contributed by atoms with van der Waals surface area (Å²) in [7, 11) is 0. The Morgan fingerprint density at radius 1 is 1.29 bits per heavy atom. The van der Waals surface area contributed by atoms with Gasteiger partial charge in [-0.1, -0.05) is 30.3 Å². The normalized spacial score (nSPS) is 27.2. The molecule has 2 fully saturated rings. The van der Waals surface area contributed by atoms with Gasteiger partial charge in [0.15, 0.2) is 0 Å². The van der Waals surface area contributed by atoms with Gasteiger partial charge in [-0.15, -0.1) is 11.3 Å². The topological polar surface area (TPSA) is 36.4 Å². The highest BCUT2D eigenvalue weighted by Crippen LogP contribution is 2.46. The van der Waals surface area contributed by atoms with Gasteiger partial charge < -0.3 is 4.90 Å². The molecule has 1 amide bonds. The van der Waals surface area contributed by atoms with E-state index < -0.39 is 0 Å². The minimum absolute atomic E-state index is 0.117. The molecule has 1 aromatic heterocycles. The highest BCUT2D eigenvalue weighted by molar-refractivity contribution is 7.09. The van der Waals surface area contributed by atoms with Crippen molar-refractivity contribution < 1.29 is 4.79 Å². The summed E-state index contributed by atoms with van der Waals surface area (Å²) in [5.74, 6) is 0.203. The van der Waals surface area contributed by atoms with Crippen LogP contribution in [0.25, 0.3) is 0 Å². The lowest BCUT2D eigenvalue weighted by Crippen LogP contribution is -2.56. The van der Waals surface area contributed by atoms with E-state index in [0.717, 1.165) is 44.0 Å². The van der Waals surface area contributed by atoms with Gasteiger partial charge >= 0.3 is 0 Å². The number of rotatable bonds is 3. The van der Waals surface area contributed by atoms with Crippen molar-refractivity contribution in [1.82, 2.24) is 14.8 Å². The highest BCUT2D eigenvalue weighted by Gasteiger charge is 2.51. The Morgan fingerprint density at radius 3 is 2.79 bits per heavy atom. The van der Waals surface area contributed by atoms with E-state index in [2.05, 4.69) is 45.1 Å². The van der Waals surface area contributed by atoms with Crippen molar-refractivity contribution in [3.63, 3.8) is 0 Å². The van der Waals surface area contributed by atoms with Crippen molar-refractivity contribution in [3.8, 4) is 0 Å². The van der Waals surface area contributed by atoms with E-state index in [1.165, 1.54) is 5.56 Å². The second kappa shape index (κ2) is 6.30. The Kier molecular flexibility index (Phi) is 4.14. The van der Waals surface area contributed by atoms with Crippen molar-refractivity contribution in [2.45, 2.75) is 37.8 Å². The molecule has 0 radical (unpaired) electrons. The molecule has 0 bridgehead atoms. The van der Waals surface area contributed by atoms with Crippen LogP contribution in [0.5, 0.6) is 0 Å². The zero-order chi connectivity index (χ0) is 16.6. The Bertz CT molecular complexity index is 703. The van der Waals surface area contributed by atoms with E-state index in [4.69, 9.17) is 0 Å². The predicted molar refractivity (Wildman–Crippen MR) is 95.9 cm³/mol. The standard InChI is InChI=1S/C19H23N3OS/c1-15(23)22-11-8-19(16-5-3-2-4-6-16)7-10-21(13-17(19)22)14-18-20-9-12-24-18/h2-6,9,12,17H,7-8,10-11,13-14H2,1H3/t17-,19-/m0/s1. The fourth-order valence-electron chi connectivity index (χ4n) is 4.49. The maximum Gasteiger partial charge on any atom is 0.219 e. The number of benzene rings is 1. The number of nitrogens with zero attached hydrogens (tertiary/aromatic N) is 3. The van der Waals surface area contributed by atoms with Gasteiger partial charge in [-0.05, 0) is 24.9 Å². The van der Waals surface area contributed by atoms with Crippen LogP contribution < -0.4 is 0 Å². The monoisotopic (exact) mass is 341 g/mol. The van der Waals surface area contributed by atoms with Crippen LogP contribution in [0.4, 0.5) is 0 Å². The summed E-state index contributed by atoms with van der Waals surface area (Å²) in [5, 5.41) is 3.19. The average molecular weight is 341 g/mol. The molecule has 2 atom stereocenters. The van der Waals surface area contributed by atoms with Crippen LogP contribution in [0.2, 0.25) is 0 Å². The van der Waals surface area contributed by atoms with Gasteiger partial charge in [0.2, 0.25) is 5.91 Å². The number of thiazole rings is 1. The minimum atomic E-state index is 0.117. The molecule has 2 aromatic rings. The third kappa shape index (κ3) is 2.66. The lowest BCUT2D eigenvalue weighted by Gasteiger charge is -2.46. The molecule has 3 heterocycles. The fourth-order valence-corrected chi connectivity index (χ4v) is 5.15. The Balaban J connectivity index is 1.62. The molecule has 2 aliphatic rings. The number of likely N-dealkylation sites (tertiary alicyclic amines) is 2. The van der Waals surface area contributed by atoms with Crippen LogP contribution in [0.15, 0.2) is 41.9 Å². The van der Waals surface area contributed by atoms with Gasteiger partial charge in [-0.25, -0.2) is 4.98 Å². The highest BCUT2D eigenvalue weighted by atomic mass is 32.1. The second-order valence-electron chi connectivity index (χ2n) is 6.91. The van der Waals surface area contributed by atoms with E-state index in [0.29, 0.717) is 0 Å². The quantitative estimate of drug-likeness (QED) is 0.861. The van der Waals surface area contributed by atoms with Crippen molar-refractivity contribution in [1.29, 1.82) is 0 Å². The summed E-state index contributed by atoms with van der Waals surface area (Å²) in [6, 6.07) is 11.1. The van der Waals surface area contributed by atoms with Gasteiger partial charge in [-0.3, -0.25) is 9.69 Å². The molecular weight excluding hydrogens is 318 g/mol. The summed E-state index contributed by atoms with van der Waals surface area (Å²) >= 11 is 1.71. The maximum absolute atomic E-state index is 12.2. The van der Waals surface area contributed by atoms with Crippen LogP contribution in [-0.2, 0) is 16.8 Å². The number of hydrogen-bond donors (Lipinski definition) is 0. The molecule has 2 saturated heterocycles. The molecule has 0 spiro atoms. The minimum Gasteiger partial charge on any atom is -0.338 e. The van der Waals surface area contributed by atoms with Crippen molar-refractivity contribution in [2.24, 2.45) is 0 Å². The van der Waals surface area contributed by atoms with Crippen LogP contribution >= 0.6 is 11.3 Å². The van der Waals surface area contributed by atoms with Crippen LogP contribution in [0.1, 0.15) is 30.3 Å².